The van der Waals surface area contributed by atoms with Crippen LogP contribution in [0.4, 0.5) is 5.69 Å². The number of aliphatic hydroxyl groups is 1. The van der Waals surface area contributed by atoms with Gasteiger partial charge in [-0.15, -0.1) is 0 Å². The van der Waals surface area contributed by atoms with Gasteiger partial charge in [0.2, 0.25) is 0 Å². The molecule has 8 heteroatoms. The molecule has 1 N–H and O–H groups in total. The van der Waals surface area contributed by atoms with Crippen molar-refractivity contribution in [3.8, 4) is 5.75 Å². The number of esters is 1. The van der Waals surface area contributed by atoms with Gasteiger partial charge in [-0.05, 0) is 81.8 Å². The zero-order valence-corrected chi connectivity index (χ0v) is 21.1. The van der Waals surface area contributed by atoms with Crippen LogP contribution in [0, 0.1) is 6.92 Å². The summed E-state index contributed by atoms with van der Waals surface area (Å²) in [7, 11) is 0. The number of aliphatic hydroxyl groups excluding tert-OH is 1. The molecular formula is C29H28N2O6. The van der Waals surface area contributed by atoms with E-state index < -0.39 is 23.7 Å². The molecule has 0 aliphatic carbocycles. The van der Waals surface area contributed by atoms with Crippen molar-refractivity contribution in [2.45, 2.75) is 39.8 Å². The lowest BCUT2D eigenvalue weighted by Gasteiger charge is -2.25. The molecule has 8 nitrogen and oxygen atoms in total. The summed E-state index contributed by atoms with van der Waals surface area (Å²) in [6.07, 6.45) is 1.23. The summed E-state index contributed by atoms with van der Waals surface area (Å²) in [6.45, 7) is 7.67. The molecule has 0 saturated carbocycles. The van der Waals surface area contributed by atoms with Gasteiger partial charge < -0.3 is 14.6 Å². The summed E-state index contributed by atoms with van der Waals surface area (Å²) < 4.78 is 10.9. The van der Waals surface area contributed by atoms with Gasteiger partial charge in [0.25, 0.3) is 11.7 Å². The number of aryl methyl sites for hydroxylation is 1. The van der Waals surface area contributed by atoms with Gasteiger partial charge in [-0.2, -0.15) is 0 Å². The number of aromatic nitrogens is 1. The fraction of sp³-hybridized carbons (Fsp3) is 0.241. The Kier molecular flexibility index (Phi) is 7.38. The van der Waals surface area contributed by atoms with Crippen LogP contribution in [-0.2, 0) is 14.3 Å². The molecule has 0 spiro atoms. The van der Waals surface area contributed by atoms with Crippen molar-refractivity contribution in [1.82, 2.24) is 4.98 Å². The van der Waals surface area contributed by atoms with Gasteiger partial charge in [-0.1, -0.05) is 12.1 Å². The van der Waals surface area contributed by atoms with E-state index in [1.54, 1.807) is 74.6 Å². The quantitative estimate of drug-likeness (QED) is 0.211. The number of pyridine rings is 1. The molecule has 1 aromatic heterocycles. The molecule has 0 bridgehead atoms. The Morgan fingerprint density at radius 2 is 1.84 bits per heavy atom. The summed E-state index contributed by atoms with van der Waals surface area (Å²) in [5.74, 6) is -1.90. The number of hydrogen-bond acceptors (Lipinski definition) is 7. The van der Waals surface area contributed by atoms with Crippen molar-refractivity contribution in [3.63, 3.8) is 0 Å². The maximum Gasteiger partial charge on any atom is 0.338 e. The number of rotatable bonds is 7. The highest BCUT2D eigenvalue weighted by molar-refractivity contribution is 6.51. The Morgan fingerprint density at radius 3 is 2.49 bits per heavy atom. The minimum atomic E-state index is -1.01. The lowest BCUT2D eigenvalue weighted by molar-refractivity contribution is -0.132. The van der Waals surface area contributed by atoms with Gasteiger partial charge in [0, 0.05) is 17.4 Å². The van der Waals surface area contributed by atoms with Crippen LogP contribution in [0.2, 0.25) is 0 Å². The van der Waals surface area contributed by atoms with E-state index in [9.17, 15) is 19.5 Å². The molecule has 190 valence electrons. The second kappa shape index (κ2) is 10.7. The molecule has 37 heavy (non-hydrogen) atoms. The van der Waals surface area contributed by atoms with Crippen LogP contribution >= 0.6 is 0 Å². The Morgan fingerprint density at radius 1 is 1.05 bits per heavy atom. The fourth-order valence-electron chi connectivity index (χ4n) is 4.25. The van der Waals surface area contributed by atoms with Crippen molar-refractivity contribution in [1.29, 1.82) is 0 Å². The molecule has 1 fully saturated rings. The first-order chi connectivity index (χ1) is 17.7. The molecule has 1 amide bonds. The summed E-state index contributed by atoms with van der Waals surface area (Å²) in [6, 6.07) is 15.5. The van der Waals surface area contributed by atoms with Gasteiger partial charge >= 0.3 is 5.97 Å². The number of carbonyl (C=O) groups excluding carboxylic acids is 3. The molecule has 1 aliphatic heterocycles. The van der Waals surface area contributed by atoms with Crippen molar-refractivity contribution in [2.75, 3.05) is 11.5 Å². The van der Waals surface area contributed by atoms with E-state index in [1.807, 2.05) is 13.8 Å². The van der Waals surface area contributed by atoms with Crippen molar-refractivity contribution >= 4 is 29.1 Å². The van der Waals surface area contributed by atoms with Gasteiger partial charge in [-0.25, -0.2) is 4.79 Å². The second-order valence-electron chi connectivity index (χ2n) is 8.84. The Balaban J connectivity index is 1.86. The average Bonchev–Trinajstić information content (AvgIpc) is 3.15. The second-order valence-corrected chi connectivity index (χ2v) is 8.84. The summed E-state index contributed by atoms with van der Waals surface area (Å²) in [5, 5.41) is 11.3. The Labute approximate surface area is 215 Å². The third-order valence-electron chi connectivity index (χ3n) is 5.86. The molecule has 1 unspecified atom stereocenters. The molecule has 2 heterocycles. The highest BCUT2D eigenvalue weighted by Crippen LogP contribution is 2.42. The van der Waals surface area contributed by atoms with Crippen LogP contribution in [-0.4, -0.2) is 40.5 Å². The maximum absolute atomic E-state index is 13.4. The highest BCUT2D eigenvalue weighted by atomic mass is 16.5. The smallest absolute Gasteiger partial charge is 0.338 e. The zero-order chi connectivity index (χ0) is 26.7. The van der Waals surface area contributed by atoms with Crippen LogP contribution in [0.3, 0.4) is 0 Å². The van der Waals surface area contributed by atoms with E-state index in [2.05, 4.69) is 4.98 Å². The predicted octanol–water partition coefficient (Wildman–Crippen LogP) is 4.98. The fourth-order valence-corrected chi connectivity index (χ4v) is 4.25. The molecule has 1 atom stereocenters. The topological polar surface area (TPSA) is 106 Å². The van der Waals surface area contributed by atoms with E-state index in [0.29, 0.717) is 29.3 Å². The molecule has 0 radical (unpaired) electrons. The standard InChI is InChI=1S/C29H28N2O6/c1-5-36-23-13-12-19(15-18(23)4)26(32)24-25(22-11-6-7-14-30-22)31(28(34)27(24)33)21-10-8-9-20(16-21)29(35)37-17(2)3/h6-17,25,32H,5H2,1-4H3/b26-24+. The minimum Gasteiger partial charge on any atom is -0.507 e. The van der Waals surface area contributed by atoms with Crippen LogP contribution < -0.4 is 9.64 Å². The van der Waals surface area contributed by atoms with Gasteiger partial charge in [0.15, 0.2) is 0 Å². The van der Waals surface area contributed by atoms with Gasteiger partial charge in [0.05, 0.1) is 29.5 Å². The van der Waals surface area contributed by atoms with E-state index in [4.69, 9.17) is 9.47 Å². The molecular weight excluding hydrogens is 472 g/mol. The van der Waals surface area contributed by atoms with Crippen LogP contribution in [0.1, 0.15) is 54.0 Å². The largest absolute Gasteiger partial charge is 0.507 e. The number of Topliss-reactive ketones (excluding diaryl/α,β-unsaturated/α-hetero) is 1. The summed E-state index contributed by atoms with van der Waals surface area (Å²) >= 11 is 0. The normalized spacial score (nSPS) is 16.8. The number of ketones is 1. The molecule has 1 saturated heterocycles. The Bertz CT molecular complexity index is 1380. The molecule has 1 aliphatic rings. The maximum atomic E-state index is 13.4. The Hall–Kier alpha value is -4.46. The lowest BCUT2D eigenvalue weighted by atomic mass is 9.97. The first kappa shape index (κ1) is 25.6. The highest BCUT2D eigenvalue weighted by Gasteiger charge is 2.47. The van der Waals surface area contributed by atoms with E-state index in [0.717, 1.165) is 5.56 Å². The van der Waals surface area contributed by atoms with Crippen LogP contribution in [0.5, 0.6) is 5.75 Å². The monoisotopic (exact) mass is 500 g/mol. The third-order valence-corrected chi connectivity index (χ3v) is 5.86. The van der Waals surface area contributed by atoms with Crippen molar-refractivity contribution in [2.24, 2.45) is 0 Å². The molecule has 3 aromatic rings. The number of benzene rings is 2. The number of hydrogen-bond donors (Lipinski definition) is 1. The molecule has 2 aromatic carbocycles. The first-order valence-corrected chi connectivity index (χ1v) is 12.0. The van der Waals surface area contributed by atoms with E-state index in [-0.39, 0.29) is 23.0 Å². The van der Waals surface area contributed by atoms with Crippen LogP contribution in [0.15, 0.2) is 72.4 Å². The van der Waals surface area contributed by atoms with Gasteiger partial charge in [-0.3, -0.25) is 19.5 Å². The SMILES string of the molecule is CCOc1ccc(/C(O)=C2\C(=O)C(=O)N(c3cccc(C(=O)OC(C)C)c3)C2c2ccccn2)cc1C. The summed E-state index contributed by atoms with van der Waals surface area (Å²) in [4.78, 5) is 44.9. The van der Waals surface area contributed by atoms with E-state index in [1.165, 1.54) is 11.0 Å². The van der Waals surface area contributed by atoms with Gasteiger partial charge in [0.1, 0.15) is 17.6 Å². The minimum absolute atomic E-state index is 0.0950. The number of carbonyl (C=O) groups is 3. The number of amides is 1. The van der Waals surface area contributed by atoms with Crippen LogP contribution in [0.25, 0.3) is 5.76 Å². The van der Waals surface area contributed by atoms with Crippen molar-refractivity contribution < 1.29 is 29.0 Å². The van der Waals surface area contributed by atoms with E-state index >= 15 is 0 Å². The average molecular weight is 501 g/mol. The summed E-state index contributed by atoms with van der Waals surface area (Å²) in [5.41, 5.74) is 1.97. The lowest BCUT2D eigenvalue weighted by Crippen LogP contribution is -2.30. The van der Waals surface area contributed by atoms with Crippen molar-refractivity contribution in [3.05, 3.63) is 94.8 Å². The first-order valence-electron chi connectivity index (χ1n) is 12.0. The number of ether oxygens (including phenoxy) is 2. The molecule has 4 rings (SSSR count). The number of nitrogens with zero attached hydrogens (tertiary/aromatic N) is 2. The predicted molar refractivity (Wildman–Crippen MR) is 138 cm³/mol. The third kappa shape index (κ3) is 5.09. The number of anilines is 1. The zero-order valence-electron chi connectivity index (χ0n) is 21.1.